The highest BCUT2D eigenvalue weighted by Crippen LogP contribution is 2.36. The quantitative estimate of drug-likeness (QED) is 0.733. The summed E-state index contributed by atoms with van der Waals surface area (Å²) in [6.45, 7) is 1.16. The van der Waals surface area contributed by atoms with E-state index in [0.717, 1.165) is 18.1 Å². The normalized spacial score (nSPS) is 16.1. The molecule has 0 bridgehead atoms. The van der Waals surface area contributed by atoms with Crippen molar-refractivity contribution in [3.63, 3.8) is 0 Å². The second-order valence-corrected chi connectivity index (χ2v) is 3.58. The minimum atomic E-state index is 0.469. The summed E-state index contributed by atoms with van der Waals surface area (Å²) in [5, 5.41) is 8.22. The average Bonchev–Trinajstić information content (AvgIpc) is 2.96. The van der Waals surface area contributed by atoms with E-state index in [1.54, 1.807) is 7.11 Å². The number of aromatic nitrogens is 3. The van der Waals surface area contributed by atoms with E-state index in [4.69, 9.17) is 10.5 Å². The molecular weight excluding hydrogens is 180 g/mol. The maximum Gasteiger partial charge on any atom is 0.147 e. The van der Waals surface area contributed by atoms with Crippen molar-refractivity contribution in [3.05, 3.63) is 11.6 Å². The molecule has 0 amide bonds. The minimum Gasteiger partial charge on any atom is -0.384 e. The van der Waals surface area contributed by atoms with Crippen LogP contribution in [0.2, 0.25) is 0 Å². The third-order valence-electron chi connectivity index (χ3n) is 2.46. The molecule has 0 unspecified atom stereocenters. The smallest absolute Gasteiger partial charge is 0.147 e. The van der Waals surface area contributed by atoms with Crippen LogP contribution in [-0.4, -0.2) is 28.5 Å². The zero-order valence-corrected chi connectivity index (χ0v) is 8.44. The van der Waals surface area contributed by atoms with Gasteiger partial charge in [-0.25, -0.2) is 0 Å². The molecule has 0 saturated heterocycles. The lowest BCUT2D eigenvalue weighted by atomic mass is 10.4. The van der Waals surface area contributed by atoms with Crippen LogP contribution in [0.15, 0.2) is 0 Å². The Morgan fingerprint density at radius 1 is 1.43 bits per heavy atom. The summed E-state index contributed by atoms with van der Waals surface area (Å²) in [5.74, 6) is 1.91. The van der Waals surface area contributed by atoms with Gasteiger partial charge in [0.25, 0.3) is 0 Å². The van der Waals surface area contributed by atoms with Gasteiger partial charge in [0.15, 0.2) is 0 Å². The van der Waals surface area contributed by atoms with Gasteiger partial charge in [-0.15, -0.1) is 10.2 Å². The summed E-state index contributed by atoms with van der Waals surface area (Å²) < 4.78 is 7.21. The minimum absolute atomic E-state index is 0.469. The van der Waals surface area contributed by atoms with E-state index in [9.17, 15) is 0 Å². The van der Waals surface area contributed by atoms with Crippen LogP contribution in [0.4, 0.5) is 0 Å². The Morgan fingerprint density at radius 2 is 2.14 bits per heavy atom. The Labute approximate surface area is 83.3 Å². The Hall–Kier alpha value is -0.940. The van der Waals surface area contributed by atoms with E-state index < -0.39 is 0 Å². The molecule has 1 fully saturated rings. The maximum atomic E-state index is 5.60. The first-order valence-corrected chi connectivity index (χ1v) is 4.98. The van der Waals surface area contributed by atoms with E-state index in [1.807, 2.05) is 0 Å². The van der Waals surface area contributed by atoms with Gasteiger partial charge in [-0.1, -0.05) is 0 Å². The monoisotopic (exact) mass is 196 g/mol. The Balaban J connectivity index is 2.16. The summed E-state index contributed by atoms with van der Waals surface area (Å²) in [7, 11) is 1.70. The zero-order chi connectivity index (χ0) is 9.97. The predicted octanol–water partition coefficient (Wildman–Crippen LogP) is 0.261. The van der Waals surface area contributed by atoms with Gasteiger partial charge >= 0.3 is 0 Å². The topological polar surface area (TPSA) is 66.0 Å². The molecule has 5 heteroatoms. The molecule has 1 aliphatic carbocycles. The van der Waals surface area contributed by atoms with E-state index in [-0.39, 0.29) is 0 Å². The van der Waals surface area contributed by atoms with E-state index in [1.165, 1.54) is 12.8 Å². The van der Waals surface area contributed by atoms with E-state index in [2.05, 4.69) is 14.8 Å². The van der Waals surface area contributed by atoms with Crippen LogP contribution in [0, 0.1) is 0 Å². The third kappa shape index (κ3) is 1.78. The number of ether oxygens (including phenoxy) is 1. The van der Waals surface area contributed by atoms with Crippen molar-refractivity contribution >= 4 is 0 Å². The maximum absolute atomic E-state index is 5.60. The molecule has 0 aliphatic heterocycles. The Kier molecular flexibility index (Phi) is 2.79. The van der Waals surface area contributed by atoms with Crippen molar-refractivity contribution < 1.29 is 4.74 Å². The highest BCUT2D eigenvalue weighted by Gasteiger charge is 2.28. The summed E-state index contributed by atoms with van der Waals surface area (Å²) >= 11 is 0. The van der Waals surface area contributed by atoms with Crippen molar-refractivity contribution in [2.75, 3.05) is 13.7 Å². The van der Waals surface area contributed by atoms with Crippen LogP contribution in [0.3, 0.4) is 0 Å². The molecule has 0 radical (unpaired) electrons. The molecule has 78 valence electrons. The number of nitrogens with zero attached hydrogens (tertiary/aromatic N) is 3. The summed E-state index contributed by atoms with van der Waals surface area (Å²) in [5.41, 5.74) is 5.60. The van der Waals surface area contributed by atoms with Crippen LogP contribution >= 0.6 is 0 Å². The largest absolute Gasteiger partial charge is 0.384 e. The second-order valence-electron chi connectivity index (χ2n) is 3.58. The highest BCUT2D eigenvalue weighted by molar-refractivity contribution is 5.02. The number of hydrogen-bond acceptors (Lipinski definition) is 4. The fourth-order valence-electron chi connectivity index (χ4n) is 1.62. The van der Waals surface area contributed by atoms with Crippen LogP contribution in [-0.2, 0) is 17.7 Å². The summed E-state index contributed by atoms with van der Waals surface area (Å²) in [6, 6.07) is 0.593. The molecule has 0 atom stereocenters. The van der Waals surface area contributed by atoms with Gasteiger partial charge in [0.2, 0.25) is 0 Å². The van der Waals surface area contributed by atoms with Crippen molar-refractivity contribution in [3.8, 4) is 0 Å². The van der Waals surface area contributed by atoms with Gasteiger partial charge in [0.05, 0.1) is 13.2 Å². The molecule has 0 aromatic carbocycles. The zero-order valence-electron chi connectivity index (χ0n) is 8.44. The molecule has 1 aromatic heterocycles. The van der Waals surface area contributed by atoms with Gasteiger partial charge in [0, 0.05) is 19.6 Å². The summed E-state index contributed by atoms with van der Waals surface area (Å²) in [4.78, 5) is 0. The summed E-state index contributed by atoms with van der Waals surface area (Å²) in [6.07, 6.45) is 3.27. The lowest BCUT2D eigenvalue weighted by Crippen LogP contribution is -2.11. The molecule has 1 aliphatic rings. The molecule has 2 rings (SSSR count). The molecular formula is C9H16N4O. The highest BCUT2D eigenvalue weighted by atomic mass is 16.5. The number of methoxy groups -OCH3 is 1. The number of rotatable bonds is 5. The van der Waals surface area contributed by atoms with Gasteiger partial charge in [0.1, 0.15) is 11.6 Å². The Morgan fingerprint density at radius 3 is 2.71 bits per heavy atom. The van der Waals surface area contributed by atoms with Gasteiger partial charge in [-0.3, -0.25) is 0 Å². The number of nitrogens with two attached hydrogens (primary N) is 1. The van der Waals surface area contributed by atoms with Crippen molar-refractivity contribution in [1.82, 2.24) is 14.8 Å². The molecule has 5 nitrogen and oxygen atoms in total. The second kappa shape index (κ2) is 4.06. The molecule has 14 heavy (non-hydrogen) atoms. The fraction of sp³-hybridized carbons (Fsp3) is 0.778. The van der Waals surface area contributed by atoms with Crippen molar-refractivity contribution in [2.24, 2.45) is 5.73 Å². The molecule has 2 N–H and O–H groups in total. The van der Waals surface area contributed by atoms with Crippen LogP contribution in [0.25, 0.3) is 0 Å². The molecule has 1 aromatic rings. The molecule has 1 heterocycles. The first-order valence-electron chi connectivity index (χ1n) is 4.98. The van der Waals surface area contributed by atoms with Crippen LogP contribution in [0.5, 0.6) is 0 Å². The van der Waals surface area contributed by atoms with Gasteiger partial charge in [-0.05, 0) is 12.8 Å². The van der Waals surface area contributed by atoms with Gasteiger partial charge in [-0.2, -0.15) is 0 Å². The SMILES string of the molecule is COCCc1nnc(CN)n1C1CC1. The first kappa shape index (κ1) is 9.61. The number of hydrogen-bond donors (Lipinski definition) is 1. The predicted molar refractivity (Wildman–Crippen MR) is 51.8 cm³/mol. The Bertz CT molecular complexity index is 306. The van der Waals surface area contributed by atoms with E-state index in [0.29, 0.717) is 19.2 Å². The van der Waals surface area contributed by atoms with Crippen LogP contribution in [0.1, 0.15) is 30.5 Å². The third-order valence-corrected chi connectivity index (χ3v) is 2.46. The fourth-order valence-corrected chi connectivity index (χ4v) is 1.62. The van der Waals surface area contributed by atoms with Gasteiger partial charge < -0.3 is 15.0 Å². The lowest BCUT2D eigenvalue weighted by Gasteiger charge is -2.06. The van der Waals surface area contributed by atoms with Crippen LogP contribution < -0.4 is 5.73 Å². The van der Waals surface area contributed by atoms with E-state index >= 15 is 0 Å². The standard InChI is InChI=1S/C9H16N4O/c1-14-5-4-8-11-12-9(6-10)13(8)7-2-3-7/h7H,2-6,10H2,1H3. The first-order chi connectivity index (χ1) is 6.86. The molecule has 1 saturated carbocycles. The average molecular weight is 196 g/mol. The van der Waals surface area contributed by atoms with Crippen molar-refractivity contribution in [1.29, 1.82) is 0 Å². The molecule has 0 spiro atoms. The van der Waals surface area contributed by atoms with Crippen molar-refractivity contribution in [2.45, 2.75) is 31.8 Å². The lowest BCUT2D eigenvalue weighted by molar-refractivity contribution is 0.199.